The third-order valence-electron chi connectivity index (χ3n) is 4.40. The van der Waals surface area contributed by atoms with Gasteiger partial charge in [-0.15, -0.1) is 0 Å². The molecule has 0 aromatic heterocycles. The van der Waals surface area contributed by atoms with Crippen molar-refractivity contribution in [3.63, 3.8) is 0 Å². The number of hydrogen-bond donors (Lipinski definition) is 1. The molecule has 1 N–H and O–H groups in total. The number of ether oxygens (including phenoxy) is 1. The van der Waals surface area contributed by atoms with E-state index in [1.54, 1.807) is 0 Å². The van der Waals surface area contributed by atoms with Gasteiger partial charge in [-0.1, -0.05) is 18.2 Å². The van der Waals surface area contributed by atoms with E-state index in [1.807, 2.05) is 0 Å². The number of nitro benzene ring substituents is 1. The smallest absolute Gasteiger partial charge is 0.338 e. The Balaban J connectivity index is 1.69. The van der Waals surface area contributed by atoms with Gasteiger partial charge in [0, 0.05) is 18.9 Å². The summed E-state index contributed by atoms with van der Waals surface area (Å²) in [7, 11) is 0. The van der Waals surface area contributed by atoms with Gasteiger partial charge in [0.2, 0.25) is 11.8 Å². The SMILES string of the molecule is C[C@@H](OC(=O)c1cccc(N2C(=O)CCC2=O)c1)C(=O)Nc1ccccc1[N+](=O)[O-]. The maximum absolute atomic E-state index is 12.4. The van der Waals surface area contributed by atoms with Crippen LogP contribution in [0.4, 0.5) is 17.1 Å². The summed E-state index contributed by atoms with van der Waals surface area (Å²) >= 11 is 0. The van der Waals surface area contributed by atoms with Crippen molar-refractivity contribution in [3.8, 4) is 0 Å². The van der Waals surface area contributed by atoms with Crippen molar-refractivity contribution in [1.82, 2.24) is 0 Å². The fourth-order valence-corrected chi connectivity index (χ4v) is 2.89. The number of anilines is 2. The zero-order valence-corrected chi connectivity index (χ0v) is 15.9. The van der Waals surface area contributed by atoms with Crippen LogP contribution in [-0.2, 0) is 19.1 Å². The highest BCUT2D eigenvalue weighted by Gasteiger charge is 2.31. The van der Waals surface area contributed by atoms with Gasteiger partial charge in [-0.3, -0.25) is 29.4 Å². The minimum Gasteiger partial charge on any atom is -0.449 e. The lowest BCUT2D eigenvalue weighted by Crippen LogP contribution is -2.31. The first-order valence-electron chi connectivity index (χ1n) is 8.99. The minimum atomic E-state index is -1.25. The number of amides is 3. The molecule has 0 spiro atoms. The van der Waals surface area contributed by atoms with E-state index >= 15 is 0 Å². The lowest BCUT2D eigenvalue weighted by atomic mass is 10.2. The number of nitro groups is 1. The largest absolute Gasteiger partial charge is 0.449 e. The Kier molecular flexibility index (Phi) is 5.86. The second kappa shape index (κ2) is 8.52. The summed E-state index contributed by atoms with van der Waals surface area (Å²) in [6.45, 7) is 1.32. The maximum Gasteiger partial charge on any atom is 0.338 e. The van der Waals surface area contributed by atoms with Crippen LogP contribution in [-0.4, -0.2) is 34.7 Å². The Bertz CT molecular complexity index is 1030. The molecule has 0 unspecified atom stereocenters. The molecule has 2 aromatic rings. The zero-order valence-electron chi connectivity index (χ0n) is 15.9. The van der Waals surface area contributed by atoms with Crippen LogP contribution in [0.5, 0.6) is 0 Å². The predicted molar refractivity (Wildman–Crippen MR) is 105 cm³/mol. The molecule has 1 saturated heterocycles. The van der Waals surface area contributed by atoms with Crippen LogP contribution in [0.25, 0.3) is 0 Å². The first-order valence-corrected chi connectivity index (χ1v) is 8.99. The van der Waals surface area contributed by atoms with E-state index in [0.717, 1.165) is 4.90 Å². The molecule has 1 atom stereocenters. The quantitative estimate of drug-likeness (QED) is 0.334. The number of benzene rings is 2. The molecule has 0 saturated carbocycles. The number of imide groups is 1. The molecule has 3 rings (SSSR count). The van der Waals surface area contributed by atoms with Crippen molar-refractivity contribution >= 4 is 40.8 Å². The van der Waals surface area contributed by atoms with E-state index in [9.17, 15) is 29.3 Å². The summed E-state index contributed by atoms with van der Waals surface area (Å²) in [4.78, 5) is 59.9. The van der Waals surface area contributed by atoms with Crippen LogP contribution in [0.15, 0.2) is 48.5 Å². The number of para-hydroxylation sites is 2. The van der Waals surface area contributed by atoms with Gasteiger partial charge in [-0.2, -0.15) is 0 Å². The van der Waals surface area contributed by atoms with Gasteiger partial charge in [0.1, 0.15) is 5.69 Å². The summed E-state index contributed by atoms with van der Waals surface area (Å²) in [5, 5.41) is 13.4. The van der Waals surface area contributed by atoms with E-state index in [-0.39, 0.29) is 47.3 Å². The molecule has 1 aliphatic rings. The predicted octanol–water partition coefficient (Wildman–Crippen LogP) is 2.43. The summed E-state index contributed by atoms with van der Waals surface area (Å²) < 4.78 is 5.13. The number of nitrogens with one attached hydrogen (secondary N) is 1. The van der Waals surface area contributed by atoms with Crippen molar-refractivity contribution in [2.45, 2.75) is 25.9 Å². The Hall–Kier alpha value is -4.08. The standard InChI is InChI=1S/C20H17N3O7/c1-12(19(26)21-15-7-2-3-8-16(15)23(28)29)30-20(27)13-5-4-6-14(11-13)22-17(24)9-10-18(22)25/h2-8,11-12H,9-10H2,1H3,(H,21,26)/t12-/m1/s1. The second-order valence-electron chi connectivity index (χ2n) is 6.48. The minimum absolute atomic E-state index is 0.0246. The number of esters is 1. The molecule has 1 fully saturated rings. The summed E-state index contributed by atoms with van der Waals surface area (Å²) in [6, 6.07) is 11.3. The van der Waals surface area contributed by atoms with Crippen LogP contribution in [0.3, 0.4) is 0 Å². The third-order valence-corrected chi connectivity index (χ3v) is 4.40. The van der Waals surface area contributed by atoms with Gasteiger partial charge in [0.05, 0.1) is 16.2 Å². The molecule has 154 valence electrons. The molecule has 10 nitrogen and oxygen atoms in total. The van der Waals surface area contributed by atoms with Crippen LogP contribution < -0.4 is 10.2 Å². The van der Waals surface area contributed by atoms with Crippen LogP contribution >= 0.6 is 0 Å². The molecule has 30 heavy (non-hydrogen) atoms. The van der Waals surface area contributed by atoms with Crippen LogP contribution in [0.1, 0.15) is 30.1 Å². The van der Waals surface area contributed by atoms with E-state index < -0.39 is 22.9 Å². The number of carbonyl (C=O) groups excluding carboxylic acids is 4. The molecular weight excluding hydrogens is 394 g/mol. The lowest BCUT2D eigenvalue weighted by Gasteiger charge is -2.16. The molecule has 10 heteroatoms. The average Bonchev–Trinajstić information content (AvgIpc) is 3.06. The molecule has 0 aliphatic carbocycles. The molecule has 1 aliphatic heterocycles. The Morgan fingerprint density at radius 2 is 1.77 bits per heavy atom. The van der Waals surface area contributed by atoms with Crippen molar-refractivity contribution in [2.75, 3.05) is 10.2 Å². The Morgan fingerprint density at radius 1 is 1.10 bits per heavy atom. The highest BCUT2D eigenvalue weighted by atomic mass is 16.6. The maximum atomic E-state index is 12.4. The van der Waals surface area contributed by atoms with Crippen LogP contribution in [0.2, 0.25) is 0 Å². The normalized spacial score (nSPS) is 14.4. The van der Waals surface area contributed by atoms with Gasteiger partial charge in [-0.25, -0.2) is 4.79 Å². The molecule has 1 heterocycles. The number of hydrogen-bond acceptors (Lipinski definition) is 7. The molecule has 0 bridgehead atoms. The highest BCUT2D eigenvalue weighted by Crippen LogP contribution is 2.25. The first kappa shape index (κ1) is 20.6. The topological polar surface area (TPSA) is 136 Å². The monoisotopic (exact) mass is 411 g/mol. The van der Waals surface area contributed by atoms with E-state index in [4.69, 9.17) is 4.74 Å². The summed E-state index contributed by atoms with van der Waals surface area (Å²) in [5.74, 6) is -2.31. The lowest BCUT2D eigenvalue weighted by molar-refractivity contribution is -0.383. The summed E-state index contributed by atoms with van der Waals surface area (Å²) in [5.41, 5.74) is -0.0280. The number of carbonyl (C=O) groups is 4. The van der Waals surface area contributed by atoms with Gasteiger partial charge in [-0.05, 0) is 31.2 Å². The van der Waals surface area contributed by atoms with Crippen LogP contribution in [0, 0.1) is 10.1 Å². The van der Waals surface area contributed by atoms with Gasteiger partial charge in [0.25, 0.3) is 11.6 Å². The summed E-state index contributed by atoms with van der Waals surface area (Å²) in [6.07, 6.45) is -1.04. The highest BCUT2D eigenvalue weighted by molar-refractivity contribution is 6.20. The fourth-order valence-electron chi connectivity index (χ4n) is 2.89. The van der Waals surface area contributed by atoms with E-state index in [1.165, 1.54) is 55.5 Å². The van der Waals surface area contributed by atoms with Gasteiger partial charge < -0.3 is 10.1 Å². The van der Waals surface area contributed by atoms with Crippen molar-refractivity contribution in [1.29, 1.82) is 0 Å². The molecule has 0 radical (unpaired) electrons. The van der Waals surface area contributed by atoms with Crippen molar-refractivity contribution in [2.24, 2.45) is 0 Å². The fraction of sp³-hybridized carbons (Fsp3) is 0.200. The molecule has 3 amide bonds. The number of nitrogens with zero attached hydrogens (tertiary/aromatic N) is 2. The van der Waals surface area contributed by atoms with Crippen molar-refractivity contribution in [3.05, 3.63) is 64.2 Å². The van der Waals surface area contributed by atoms with Gasteiger partial charge in [0.15, 0.2) is 6.10 Å². The Labute approximate surface area is 170 Å². The number of rotatable bonds is 6. The first-order chi connectivity index (χ1) is 14.3. The Morgan fingerprint density at radius 3 is 2.43 bits per heavy atom. The average molecular weight is 411 g/mol. The zero-order chi connectivity index (χ0) is 21.8. The molecule has 2 aromatic carbocycles. The van der Waals surface area contributed by atoms with E-state index in [0.29, 0.717) is 0 Å². The van der Waals surface area contributed by atoms with Gasteiger partial charge >= 0.3 is 5.97 Å². The van der Waals surface area contributed by atoms with Crippen molar-refractivity contribution < 1.29 is 28.8 Å². The third kappa shape index (κ3) is 4.32. The second-order valence-corrected chi connectivity index (χ2v) is 6.48. The molecular formula is C20H17N3O7. The van der Waals surface area contributed by atoms with E-state index in [2.05, 4.69) is 5.32 Å².